The molecule has 0 saturated heterocycles. The molecule has 0 aromatic rings. The number of rotatable bonds is 1. The standard InChI is InChI=1S/C10H18/c1-5-10(4)7-6-8(2)9(10)3/h8H,3,5-7H2,1-2,4H3. The van der Waals surface area contributed by atoms with E-state index in [1.165, 1.54) is 24.8 Å². The van der Waals surface area contributed by atoms with Gasteiger partial charge in [-0.2, -0.15) is 0 Å². The molecule has 2 unspecified atom stereocenters. The van der Waals surface area contributed by atoms with Gasteiger partial charge in [-0.05, 0) is 30.6 Å². The summed E-state index contributed by atoms with van der Waals surface area (Å²) in [7, 11) is 0. The summed E-state index contributed by atoms with van der Waals surface area (Å²) in [5.41, 5.74) is 1.95. The molecule has 0 aromatic carbocycles. The van der Waals surface area contributed by atoms with E-state index < -0.39 is 0 Å². The van der Waals surface area contributed by atoms with Crippen molar-refractivity contribution < 1.29 is 0 Å². The first-order valence-corrected chi connectivity index (χ1v) is 4.29. The average Bonchev–Trinajstić information content (AvgIpc) is 2.19. The fourth-order valence-electron chi connectivity index (χ4n) is 1.87. The highest BCUT2D eigenvalue weighted by Crippen LogP contribution is 2.47. The first kappa shape index (κ1) is 7.84. The van der Waals surface area contributed by atoms with Crippen molar-refractivity contribution in [1.82, 2.24) is 0 Å². The van der Waals surface area contributed by atoms with Gasteiger partial charge in [-0.25, -0.2) is 0 Å². The summed E-state index contributed by atoms with van der Waals surface area (Å²) in [4.78, 5) is 0. The number of hydrogen-bond acceptors (Lipinski definition) is 0. The SMILES string of the molecule is C=C1C(C)CCC1(C)CC. The van der Waals surface area contributed by atoms with Gasteiger partial charge in [-0.1, -0.05) is 32.9 Å². The Kier molecular flexibility index (Phi) is 1.89. The maximum Gasteiger partial charge on any atom is -0.0119 e. The Bertz CT molecular complexity index is 146. The van der Waals surface area contributed by atoms with Crippen LogP contribution in [0.3, 0.4) is 0 Å². The second-order valence-corrected chi connectivity index (χ2v) is 3.88. The summed E-state index contributed by atoms with van der Waals surface area (Å²) in [6.07, 6.45) is 3.96. The van der Waals surface area contributed by atoms with Crippen molar-refractivity contribution in [3.05, 3.63) is 12.2 Å². The fraction of sp³-hybridized carbons (Fsp3) is 0.800. The van der Waals surface area contributed by atoms with Crippen molar-refractivity contribution in [3.8, 4) is 0 Å². The molecule has 0 nitrogen and oxygen atoms in total. The van der Waals surface area contributed by atoms with Crippen LogP contribution in [0, 0.1) is 11.3 Å². The molecule has 0 amide bonds. The predicted octanol–water partition coefficient (Wildman–Crippen LogP) is 3.39. The first-order chi connectivity index (χ1) is 4.60. The van der Waals surface area contributed by atoms with Gasteiger partial charge in [0.15, 0.2) is 0 Å². The highest BCUT2D eigenvalue weighted by molar-refractivity contribution is 5.16. The zero-order chi connectivity index (χ0) is 7.78. The van der Waals surface area contributed by atoms with E-state index in [9.17, 15) is 0 Å². The van der Waals surface area contributed by atoms with E-state index in [2.05, 4.69) is 27.4 Å². The maximum absolute atomic E-state index is 4.16. The first-order valence-electron chi connectivity index (χ1n) is 4.29. The topological polar surface area (TPSA) is 0 Å². The van der Waals surface area contributed by atoms with Crippen molar-refractivity contribution in [2.24, 2.45) is 11.3 Å². The molecule has 1 fully saturated rings. The van der Waals surface area contributed by atoms with Crippen molar-refractivity contribution in [2.75, 3.05) is 0 Å². The van der Waals surface area contributed by atoms with Crippen molar-refractivity contribution in [2.45, 2.75) is 40.0 Å². The van der Waals surface area contributed by atoms with E-state index in [-0.39, 0.29) is 0 Å². The van der Waals surface area contributed by atoms with Gasteiger partial charge in [0, 0.05) is 0 Å². The smallest absolute Gasteiger partial charge is 0.0119 e. The molecule has 0 spiro atoms. The highest BCUT2D eigenvalue weighted by atomic mass is 14.4. The molecule has 0 bridgehead atoms. The molecule has 1 aliphatic carbocycles. The summed E-state index contributed by atoms with van der Waals surface area (Å²) >= 11 is 0. The van der Waals surface area contributed by atoms with Crippen LogP contribution in [0.5, 0.6) is 0 Å². The second-order valence-electron chi connectivity index (χ2n) is 3.88. The van der Waals surface area contributed by atoms with E-state index in [4.69, 9.17) is 0 Å². The second kappa shape index (κ2) is 2.41. The molecule has 0 heteroatoms. The predicted molar refractivity (Wildman–Crippen MR) is 45.9 cm³/mol. The molecular formula is C10H18. The zero-order valence-electron chi connectivity index (χ0n) is 7.41. The maximum atomic E-state index is 4.16. The lowest BCUT2D eigenvalue weighted by atomic mass is 9.81. The van der Waals surface area contributed by atoms with Crippen molar-refractivity contribution in [1.29, 1.82) is 0 Å². The minimum atomic E-state index is 0.472. The molecule has 1 saturated carbocycles. The summed E-state index contributed by atoms with van der Waals surface area (Å²) in [6.45, 7) is 11.1. The normalized spacial score (nSPS) is 40.7. The number of allylic oxidation sites excluding steroid dienone is 1. The fourth-order valence-corrected chi connectivity index (χ4v) is 1.87. The van der Waals surface area contributed by atoms with E-state index in [1.54, 1.807) is 0 Å². The highest BCUT2D eigenvalue weighted by Gasteiger charge is 2.34. The van der Waals surface area contributed by atoms with Crippen LogP contribution in [0.25, 0.3) is 0 Å². The van der Waals surface area contributed by atoms with E-state index in [1.807, 2.05) is 0 Å². The molecule has 2 atom stereocenters. The van der Waals surface area contributed by atoms with E-state index >= 15 is 0 Å². The molecule has 0 aliphatic heterocycles. The molecule has 0 radical (unpaired) electrons. The van der Waals surface area contributed by atoms with Crippen LogP contribution < -0.4 is 0 Å². The Morgan fingerprint density at radius 1 is 1.70 bits per heavy atom. The van der Waals surface area contributed by atoms with Crippen molar-refractivity contribution in [3.63, 3.8) is 0 Å². The molecular weight excluding hydrogens is 120 g/mol. The van der Waals surface area contributed by atoms with Gasteiger partial charge in [-0.15, -0.1) is 0 Å². The molecule has 1 aliphatic rings. The Labute approximate surface area is 64.3 Å². The van der Waals surface area contributed by atoms with Gasteiger partial charge in [0.2, 0.25) is 0 Å². The third-order valence-electron chi connectivity index (χ3n) is 3.28. The number of hydrogen-bond donors (Lipinski definition) is 0. The third kappa shape index (κ3) is 1.00. The molecule has 10 heavy (non-hydrogen) atoms. The Morgan fingerprint density at radius 3 is 2.50 bits per heavy atom. The van der Waals surface area contributed by atoms with Crippen LogP contribution in [0.15, 0.2) is 12.2 Å². The van der Waals surface area contributed by atoms with E-state index in [0.717, 1.165) is 5.92 Å². The van der Waals surface area contributed by atoms with E-state index in [0.29, 0.717) is 5.41 Å². The quantitative estimate of drug-likeness (QED) is 0.487. The minimum Gasteiger partial charge on any atom is -0.0990 e. The van der Waals surface area contributed by atoms with Gasteiger partial charge in [0.1, 0.15) is 0 Å². The summed E-state index contributed by atoms with van der Waals surface area (Å²) in [5, 5.41) is 0. The monoisotopic (exact) mass is 138 g/mol. The average molecular weight is 138 g/mol. The molecule has 0 N–H and O–H groups in total. The summed E-state index contributed by atoms with van der Waals surface area (Å²) in [5.74, 6) is 0.768. The Hall–Kier alpha value is -0.260. The Morgan fingerprint density at radius 2 is 2.30 bits per heavy atom. The Balaban J connectivity index is 2.73. The lowest BCUT2D eigenvalue weighted by molar-refractivity contribution is 0.395. The summed E-state index contributed by atoms with van der Waals surface area (Å²) in [6, 6.07) is 0. The van der Waals surface area contributed by atoms with Crippen LogP contribution >= 0.6 is 0 Å². The van der Waals surface area contributed by atoms with Gasteiger partial charge < -0.3 is 0 Å². The lowest BCUT2D eigenvalue weighted by Crippen LogP contribution is -2.12. The van der Waals surface area contributed by atoms with Crippen molar-refractivity contribution >= 4 is 0 Å². The van der Waals surface area contributed by atoms with Crippen LogP contribution in [-0.2, 0) is 0 Å². The van der Waals surface area contributed by atoms with Gasteiger partial charge >= 0.3 is 0 Å². The zero-order valence-corrected chi connectivity index (χ0v) is 7.41. The third-order valence-corrected chi connectivity index (χ3v) is 3.28. The lowest BCUT2D eigenvalue weighted by Gasteiger charge is -2.24. The van der Waals surface area contributed by atoms with Crippen LogP contribution in [-0.4, -0.2) is 0 Å². The van der Waals surface area contributed by atoms with Gasteiger partial charge in [0.25, 0.3) is 0 Å². The molecule has 0 aromatic heterocycles. The van der Waals surface area contributed by atoms with Crippen LogP contribution in [0.1, 0.15) is 40.0 Å². The molecule has 0 heterocycles. The van der Waals surface area contributed by atoms with Gasteiger partial charge in [0.05, 0.1) is 0 Å². The van der Waals surface area contributed by atoms with Gasteiger partial charge in [-0.3, -0.25) is 0 Å². The van der Waals surface area contributed by atoms with Crippen LogP contribution in [0.2, 0.25) is 0 Å². The summed E-state index contributed by atoms with van der Waals surface area (Å²) < 4.78 is 0. The molecule has 1 rings (SSSR count). The minimum absolute atomic E-state index is 0.472. The largest absolute Gasteiger partial charge is 0.0990 e. The van der Waals surface area contributed by atoms with Crippen LogP contribution in [0.4, 0.5) is 0 Å². The molecule has 58 valence electrons.